The lowest BCUT2D eigenvalue weighted by molar-refractivity contribution is -0.0260. The molecule has 1 amide bonds. The minimum atomic E-state index is -0.725. The highest BCUT2D eigenvalue weighted by Crippen LogP contribution is 2.27. The lowest BCUT2D eigenvalue weighted by Crippen LogP contribution is -2.48. The van der Waals surface area contributed by atoms with Gasteiger partial charge in [-0.2, -0.15) is 0 Å². The summed E-state index contributed by atoms with van der Waals surface area (Å²) in [5.41, 5.74) is 2.69. The first kappa shape index (κ1) is 19.7. The minimum Gasteiger partial charge on any atom is -0.497 e. The van der Waals surface area contributed by atoms with Crippen molar-refractivity contribution in [2.45, 2.75) is 25.1 Å². The Bertz CT molecular complexity index is 1020. The van der Waals surface area contributed by atoms with E-state index in [-0.39, 0.29) is 18.6 Å². The van der Waals surface area contributed by atoms with Gasteiger partial charge in [-0.15, -0.1) is 0 Å². The lowest BCUT2D eigenvalue weighted by Gasteiger charge is -2.28. The molecule has 0 aliphatic carbocycles. The second-order valence-electron chi connectivity index (χ2n) is 7.02. The number of aliphatic hydroxyl groups is 1. The Morgan fingerprint density at radius 3 is 2.90 bits per heavy atom. The first-order valence-electron chi connectivity index (χ1n) is 9.39. The number of methoxy groups -OCH3 is 1. The number of hydrogen-bond acceptors (Lipinski definition) is 5. The fourth-order valence-electron chi connectivity index (χ4n) is 3.54. The lowest BCUT2D eigenvalue weighted by atomic mass is 10.1. The third-order valence-corrected chi connectivity index (χ3v) is 5.41. The Morgan fingerprint density at radius 1 is 1.38 bits per heavy atom. The fraction of sp³-hybridized carbons (Fsp3) is 0.333. The molecule has 1 fully saturated rings. The molecule has 2 aromatic heterocycles. The van der Waals surface area contributed by atoms with Gasteiger partial charge in [0, 0.05) is 25.5 Å². The van der Waals surface area contributed by atoms with E-state index >= 15 is 0 Å². The molecular formula is C21H22ClN3O4. The Hall–Kier alpha value is -2.61. The summed E-state index contributed by atoms with van der Waals surface area (Å²) in [7, 11) is 1.63. The number of fused-ring (bicyclic) bond motifs is 1. The third kappa shape index (κ3) is 4.07. The Morgan fingerprint density at radius 2 is 2.17 bits per heavy atom. The molecule has 1 aromatic carbocycles. The molecule has 2 N–H and O–H groups in total. The van der Waals surface area contributed by atoms with E-state index in [1.807, 2.05) is 28.8 Å². The molecule has 1 aliphatic heterocycles. The van der Waals surface area contributed by atoms with Crippen LogP contribution in [0.2, 0.25) is 5.02 Å². The molecular weight excluding hydrogens is 394 g/mol. The van der Waals surface area contributed by atoms with E-state index in [1.54, 1.807) is 25.6 Å². The van der Waals surface area contributed by atoms with Gasteiger partial charge in [-0.25, -0.2) is 0 Å². The molecule has 29 heavy (non-hydrogen) atoms. The predicted octanol–water partition coefficient (Wildman–Crippen LogP) is 2.63. The van der Waals surface area contributed by atoms with Crippen LogP contribution in [0.4, 0.5) is 0 Å². The standard InChI is InChI=1S/C21H22ClN3O4/c1-28-14-4-2-13(3-5-14)10-25-11-15(19-20(25)16(22)6-8-23-19)21(27)24-17-7-9-29-12-18(17)26/h2-6,8,11,17-18,26H,7,9-10,12H2,1H3,(H,24,27). The smallest absolute Gasteiger partial charge is 0.255 e. The summed E-state index contributed by atoms with van der Waals surface area (Å²) in [6.45, 7) is 1.25. The average Bonchev–Trinajstić information content (AvgIpc) is 3.10. The Labute approximate surface area is 173 Å². The minimum absolute atomic E-state index is 0.217. The summed E-state index contributed by atoms with van der Waals surface area (Å²) in [4.78, 5) is 17.3. The van der Waals surface area contributed by atoms with E-state index < -0.39 is 6.10 Å². The van der Waals surface area contributed by atoms with Crippen LogP contribution in [0.25, 0.3) is 11.0 Å². The van der Waals surface area contributed by atoms with E-state index in [2.05, 4.69) is 10.3 Å². The molecule has 0 bridgehead atoms. The number of carbonyl (C=O) groups excluding carboxylic acids is 1. The van der Waals surface area contributed by atoms with Gasteiger partial charge in [0.25, 0.3) is 5.91 Å². The number of ether oxygens (including phenoxy) is 2. The van der Waals surface area contributed by atoms with E-state index in [0.29, 0.717) is 41.2 Å². The van der Waals surface area contributed by atoms with Crippen molar-refractivity contribution >= 4 is 28.5 Å². The van der Waals surface area contributed by atoms with E-state index in [4.69, 9.17) is 21.1 Å². The fourth-order valence-corrected chi connectivity index (χ4v) is 3.79. The number of nitrogens with zero attached hydrogens (tertiary/aromatic N) is 2. The van der Waals surface area contributed by atoms with E-state index in [9.17, 15) is 9.90 Å². The van der Waals surface area contributed by atoms with Gasteiger partial charge in [0.05, 0.1) is 42.0 Å². The normalized spacial score (nSPS) is 19.3. The molecule has 2 atom stereocenters. The number of aliphatic hydroxyl groups excluding tert-OH is 1. The van der Waals surface area contributed by atoms with Crippen LogP contribution in [0.5, 0.6) is 5.75 Å². The maximum atomic E-state index is 13.0. The summed E-state index contributed by atoms with van der Waals surface area (Å²) in [6, 6.07) is 9.07. The van der Waals surface area contributed by atoms with Gasteiger partial charge >= 0.3 is 0 Å². The zero-order valence-corrected chi connectivity index (χ0v) is 16.7. The topological polar surface area (TPSA) is 85.6 Å². The second kappa shape index (κ2) is 8.41. The van der Waals surface area contributed by atoms with Crippen LogP contribution in [0.15, 0.2) is 42.7 Å². The van der Waals surface area contributed by atoms with Crippen molar-refractivity contribution in [2.24, 2.45) is 0 Å². The van der Waals surface area contributed by atoms with E-state index in [0.717, 1.165) is 11.3 Å². The molecule has 2 unspecified atom stereocenters. The maximum Gasteiger partial charge on any atom is 0.255 e. The third-order valence-electron chi connectivity index (χ3n) is 5.10. The number of rotatable bonds is 5. The highest BCUT2D eigenvalue weighted by molar-refractivity contribution is 6.35. The van der Waals surface area contributed by atoms with Gasteiger partial charge in [0.15, 0.2) is 0 Å². The van der Waals surface area contributed by atoms with Crippen LogP contribution in [0, 0.1) is 0 Å². The van der Waals surface area contributed by atoms with Gasteiger partial charge in [0.1, 0.15) is 11.3 Å². The molecule has 1 saturated heterocycles. The molecule has 0 radical (unpaired) electrons. The quantitative estimate of drug-likeness (QED) is 0.669. The van der Waals surface area contributed by atoms with Gasteiger partial charge in [-0.05, 0) is 30.2 Å². The molecule has 1 aliphatic rings. The first-order chi connectivity index (χ1) is 14.1. The van der Waals surface area contributed by atoms with Crippen molar-refractivity contribution in [2.75, 3.05) is 20.3 Å². The van der Waals surface area contributed by atoms with Crippen molar-refractivity contribution in [3.8, 4) is 5.75 Å². The summed E-state index contributed by atoms with van der Waals surface area (Å²) < 4.78 is 12.4. The number of nitrogens with one attached hydrogen (secondary N) is 1. The number of halogens is 1. The molecule has 3 aromatic rings. The first-order valence-corrected chi connectivity index (χ1v) is 9.77. The molecule has 0 spiro atoms. The predicted molar refractivity (Wildman–Crippen MR) is 110 cm³/mol. The SMILES string of the molecule is COc1ccc(Cn2cc(C(=O)NC3CCOCC3O)c3nccc(Cl)c32)cc1. The van der Waals surface area contributed by atoms with Gasteiger partial charge in [0.2, 0.25) is 0 Å². The Kier molecular flexibility index (Phi) is 5.71. The van der Waals surface area contributed by atoms with Crippen molar-refractivity contribution in [1.29, 1.82) is 0 Å². The van der Waals surface area contributed by atoms with Gasteiger partial charge in [-0.1, -0.05) is 23.7 Å². The van der Waals surface area contributed by atoms with Gasteiger partial charge in [-0.3, -0.25) is 9.78 Å². The highest BCUT2D eigenvalue weighted by atomic mass is 35.5. The van der Waals surface area contributed by atoms with Crippen molar-refractivity contribution in [3.63, 3.8) is 0 Å². The molecule has 0 saturated carbocycles. The number of amides is 1. The summed E-state index contributed by atoms with van der Waals surface area (Å²) in [5, 5.41) is 13.5. The van der Waals surface area contributed by atoms with Crippen LogP contribution in [0.1, 0.15) is 22.3 Å². The number of pyridine rings is 1. The van der Waals surface area contributed by atoms with Crippen LogP contribution in [-0.2, 0) is 11.3 Å². The summed E-state index contributed by atoms with van der Waals surface area (Å²) >= 11 is 6.44. The Balaban J connectivity index is 1.66. The number of carbonyl (C=O) groups is 1. The molecule has 3 heterocycles. The van der Waals surface area contributed by atoms with Crippen molar-refractivity contribution < 1.29 is 19.4 Å². The monoisotopic (exact) mass is 415 g/mol. The number of hydrogen-bond donors (Lipinski definition) is 2. The second-order valence-corrected chi connectivity index (χ2v) is 7.43. The summed E-state index contributed by atoms with van der Waals surface area (Å²) in [6.07, 6.45) is 3.18. The zero-order valence-electron chi connectivity index (χ0n) is 16.0. The molecule has 152 valence electrons. The summed E-state index contributed by atoms with van der Waals surface area (Å²) in [5.74, 6) is 0.491. The maximum absolute atomic E-state index is 13.0. The van der Waals surface area contributed by atoms with Gasteiger partial charge < -0.3 is 24.5 Å². The van der Waals surface area contributed by atoms with E-state index in [1.165, 1.54) is 0 Å². The van der Waals surface area contributed by atoms with Crippen LogP contribution in [-0.4, -0.2) is 53.0 Å². The van der Waals surface area contributed by atoms with Crippen LogP contribution >= 0.6 is 11.6 Å². The van der Waals surface area contributed by atoms with Crippen molar-refractivity contribution in [1.82, 2.24) is 14.9 Å². The largest absolute Gasteiger partial charge is 0.497 e. The number of benzene rings is 1. The highest BCUT2D eigenvalue weighted by Gasteiger charge is 2.27. The molecule has 7 nitrogen and oxygen atoms in total. The van der Waals surface area contributed by atoms with Crippen molar-refractivity contribution in [3.05, 3.63) is 58.9 Å². The number of aromatic nitrogens is 2. The molecule has 4 rings (SSSR count). The average molecular weight is 416 g/mol. The van der Waals surface area contributed by atoms with Crippen LogP contribution < -0.4 is 10.1 Å². The molecule has 8 heteroatoms. The van der Waals surface area contributed by atoms with Crippen LogP contribution in [0.3, 0.4) is 0 Å². The zero-order chi connectivity index (χ0) is 20.4.